The second-order valence-electron chi connectivity index (χ2n) is 13.5. The molecule has 0 unspecified atom stereocenters. The molecule has 2 nitrogen and oxygen atoms in total. The quantitative estimate of drug-likeness (QED) is 0.162. The summed E-state index contributed by atoms with van der Waals surface area (Å²) in [6.07, 6.45) is 0. The Morgan fingerprint density at radius 3 is 1.05 bits per heavy atom. The average molecular weight is 1070 g/mol. The fourth-order valence-electron chi connectivity index (χ4n) is 7.11. The van der Waals surface area contributed by atoms with E-state index in [1.807, 2.05) is 18.2 Å². The molecular weight excluding hydrogens is 1030 g/mol. The Morgan fingerprint density at radius 1 is 0.333 bits per heavy atom. The van der Waals surface area contributed by atoms with Gasteiger partial charge in [-0.1, -0.05) is 166 Å². The maximum absolute atomic E-state index is 12.3. The molecule has 0 aromatic heterocycles. The number of carbonyl (C=O) groups excluding carboxylic acids is 2. The molecule has 0 N–H and O–H groups in total. The molecule has 0 spiro atoms. The van der Waals surface area contributed by atoms with Gasteiger partial charge in [-0.15, -0.1) is 0 Å². The molecule has 0 radical (unpaired) electrons. The lowest BCUT2D eigenvalue weighted by Crippen LogP contribution is -2.20. The van der Waals surface area contributed by atoms with Crippen LogP contribution in [0, 0.1) is 20.8 Å². The summed E-state index contributed by atoms with van der Waals surface area (Å²) in [5.74, 6) is -0.207. The zero-order valence-electron chi connectivity index (χ0n) is 30.6. The number of carbonyl (C=O) groups is 2. The molecule has 284 valence electrons. The van der Waals surface area contributed by atoms with E-state index in [2.05, 4.69) is 191 Å². The van der Waals surface area contributed by atoms with Gasteiger partial charge >= 0.3 is 0 Å². The van der Waals surface area contributed by atoms with E-state index in [9.17, 15) is 9.59 Å². The van der Waals surface area contributed by atoms with Crippen LogP contribution in [0.15, 0.2) is 168 Å². The highest BCUT2D eigenvalue weighted by Gasteiger charge is 2.29. The van der Waals surface area contributed by atoms with Crippen LogP contribution in [0.2, 0.25) is 0 Å². The molecule has 0 bridgehead atoms. The number of hydrogen-bond acceptors (Lipinski definition) is 2. The number of aryl methyl sites for hydroxylation is 3. The molecule has 0 amide bonds. The second-order valence-corrected chi connectivity index (χ2v) is 18.1. The first kappa shape index (κ1) is 42.6. The van der Waals surface area contributed by atoms with Gasteiger partial charge in [0.15, 0.2) is 11.6 Å². The van der Waals surface area contributed by atoms with Crippen molar-refractivity contribution in [3.05, 3.63) is 207 Å². The van der Waals surface area contributed by atoms with Crippen molar-refractivity contribution in [1.29, 1.82) is 0 Å². The van der Waals surface area contributed by atoms with Gasteiger partial charge in [0.25, 0.3) is 0 Å². The van der Waals surface area contributed by atoms with Crippen LogP contribution in [-0.4, -0.2) is 11.6 Å². The van der Waals surface area contributed by atoms with E-state index in [0.29, 0.717) is 22.3 Å². The highest BCUT2D eigenvalue weighted by atomic mass is 79.9. The SMILES string of the molecule is C.Cc1ccccc1-c1c2ccc(Br)cc2c(-c2ccccc2C)c2ccc(Br)cc12.Cc1ccccc1Br.O=C1c2ccc(Br)cc2C(=O)c2ccc(Br)cc21. The van der Waals surface area contributed by atoms with E-state index >= 15 is 0 Å². The third-order valence-corrected chi connectivity index (χ3v) is 12.8. The maximum atomic E-state index is 12.3. The maximum Gasteiger partial charge on any atom is 0.194 e. The Bertz CT molecular complexity index is 2650. The largest absolute Gasteiger partial charge is 0.289 e. The van der Waals surface area contributed by atoms with Crippen molar-refractivity contribution in [1.82, 2.24) is 0 Å². The Hall–Kier alpha value is -3.98. The highest BCUT2D eigenvalue weighted by molar-refractivity contribution is 9.11. The number of ketones is 2. The van der Waals surface area contributed by atoms with Crippen molar-refractivity contribution in [2.45, 2.75) is 28.2 Å². The first-order chi connectivity index (χ1) is 26.9. The van der Waals surface area contributed by atoms with Crippen LogP contribution in [0.4, 0.5) is 0 Å². The molecule has 1 aliphatic rings. The van der Waals surface area contributed by atoms with Gasteiger partial charge in [0, 0.05) is 44.6 Å². The lowest BCUT2D eigenvalue weighted by molar-refractivity contribution is 0.0979. The van der Waals surface area contributed by atoms with Crippen molar-refractivity contribution in [2.24, 2.45) is 0 Å². The molecule has 0 atom stereocenters. The van der Waals surface area contributed by atoms with Crippen LogP contribution >= 0.6 is 79.6 Å². The predicted molar refractivity (Wildman–Crippen MR) is 258 cm³/mol. The molecule has 0 saturated carbocycles. The van der Waals surface area contributed by atoms with E-state index in [1.165, 1.54) is 65.0 Å². The minimum Gasteiger partial charge on any atom is -0.289 e. The van der Waals surface area contributed by atoms with Gasteiger partial charge in [-0.2, -0.15) is 0 Å². The number of halogens is 5. The first-order valence-corrected chi connectivity index (χ1v) is 21.8. The van der Waals surface area contributed by atoms with Crippen molar-refractivity contribution in [3.63, 3.8) is 0 Å². The number of fused-ring (bicyclic) bond motifs is 4. The monoisotopic (exact) mass is 1060 g/mol. The lowest BCUT2D eigenvalue weighted by Gasteiger charge is -2.20. The van der Waals surface area contributed by atoms with Crippen LogP contribution in [0.5, 0.6) is 0 Å². The van der Waals surface area contributed by atoms with Crippen LogP contribution in [0.1, 0.15) is 56.0 Å². The average Bonchev–Trinajstić information content (AvgIpc) is 3.18. The topological polar surface area (TPSA) is 34.1 Å². The number of benzene rings is 8. The van der Waals surface area contributed by atoms with Crippen molar-refractivity contribution >= 4 is 113 Å². The van der Waals surface area contributed by atoms with Crippen molar-refractivity contribution < 1.29 is 9.59 Å². The number of hydrogen-bond donors (Lipinski definition) is 0. The third kappa shape index (κ3) is 8.89. The zero-order valence-corrected chi connectivity index (χ0v) is 38.5. The van der Waals surface area contributed by atoms with Crippen LogP contribution in [0.3, 0.4) is 0 Å². The molecule has 57 heavy (non-hydrogen) atoms. The molecule has 1 aliphatic carbocycles. The lowest BCUT2D eigenvalue weighted by atomic mass is 9.84. The summed E-state index contributed by atoms with van der Waals surface area (Å²) in [6, 6.07) is 49.1. The Kier molecular flexibility index (Phi) is 13.7. The Labute approximate surface area is 376 Å². The van der Waals surface area contributed by atoms with Crippen LogP contribution in [-0.2, 0) is 0 Å². The van der Waals surface area contributed by atoms with E-state index < -0.39 is 0 Å². The summed E-state index contributed by atoms with van der Waals surface area (Å²) >= 11 is 17.5. The van der Waals surface area contributed by atoms with Gasteiger partial charge in [0.05, 0.1) is 0 Å². The van der Waals surface area contributed by atoms with Gasteiger partial charge < -0.3 is 0 Å². The van der Waals surface area contributed by atoms with E-state index in [0.717, 1.165) is 17.9 Å². The van der Waals surface area contributed by atoms with Gasteiger partial charge in [0.1, 0.15) is 0 Å². The van der Waals surface area contributed by atoms with E-state index in [4.69, 9.17) is 0 Å². The fraction of sp³-hybridized carbons (Fsp3) is 0.0800. The normalized spacial score (nSPS) is 11.4. The van der Waals surface area contributed by atoms with Gasteiger partial charge in [-0.25, -0.2) is 0 Å². The standard InChI is InChI=1S/C28H20Br2.C14H6Br2O2.C7H7Br.CH4/c1-17-7-3-5-9-21(17)27-23-13-11-20(30)16-26(23)28(22-10-6-4-8-18(22)2)24-14-12-19(29)15-25(24)27;15-7-1-3-9-11(5-7)14(18)10-4-2-8(16)6-12(10)13(9)17;1-6-4-2-3-5-7(6)8;/h3-16H,1-2H3;1-6H;2-5H,1H3;1H4. The summed E-state index contributed by atoms with van der Waals surface area (Å²) in [5, 5.41) is 5.09. The van der Waals surface area contributed by atoms with Gasteiger partial charge in [0.2, 0.25) is 0 Å². The Balaban J connectivity index is 0.000000171. The molecule has 8 aromatic carbocycles. The summed E-state index contributed by atoms with van der Waals surface area (Å²) in [5.41, 5.74) is 10.9. The van der Waals surface area contributed by atoms with Gasteiger partial charge in [-0.3, -0.25) is 9.59 Å². The third-order valence-electron chi connectivity index (χ3n) is 9.89. The van der Waals surface area contributed by atoms with E-state index in [-0.39, 0.29) is 19.0 Å². The van der Waals surface area contributed by atoms with Gasteiger partial charge in [-0.05, 0) is 148 Å². The molecule has 9 rings (SSSR count). The minimum absolute atomic E-state index is 0. The molecule has 0 saturated heterocycles. The summed E-state index contributed by atoms with van der Waals surface area (Å²) in [6.45, 7) is 6.46. The molecule has 8 aromatic rings. The van der Waals surface area contributed by atoms with Crippen molar-refractivity contribution in [2.75, 3.05) is 0 Å². The molecule has 0 fully saturated rings. The summed E-state index contributed by atoms with van der Waals surface area (Å²) in [4.78, 5) is 24.7. The Morgan fingerprint density at radius 2 is 0.684 bits per heavy atom. The molecular formula is C50H37Br5O2. The molecule has 0 aliphatic heterocycles. The summed E-state index contributed by atoms with van der Waals surface area (Å²) in [7, 11) is 0. The predicted octanol–water partition coefficient (Wildman–Crippen LogP) is 16.8. The fourth-order valence-corrected chi connectivity index (χ4v) is 8.83. The smallest absolute Gasteiger partial charge is 0.194 e. The molecule has 7 heteroatoms. The summed E-state index contributed by atoms with van der Waals surface area (Å²) < 4.78 is 4.96. The minimum atomic E-state index is -0.103. The second kappa shape index (κ2) is 18.3. The number of rotatable bonds is 2. The zero-order chi connectivity index (χ0) is 39.7. The van der Waals surface area contributed by atoms with Crippen LogP contribution in [0.25, 0.3) is 43.8 Å². The first-order valence-electron chi connectivity index (χ1n) is 17.8. The van der Waals surface area contributed by atoms with Crippen molar-refractivity contribution in [3.8, 4) is 22.3 Å². The van der Waals surface area contributed by atoms with Crippen LogP contribution < -0.4 is 0 Å². The highest BCUT2D eigenvalue weighted by Crippen LogP contribution is 2.46. The van der Waals surface area contributed by atoms with E-state index in [1.54, 1.807) is 36.4 Å². The molecule has 0 heterocycles.